The highest BCUT2D eigenvalue weighted by atomic mass is 16.5. The predicted molar refractivity (Wildman–Crippen MR) is 92.8 cm³/mol. The third-order valence-electron chi connectivity index (χ3n) is 5.57. The Morgan fingerprint density at radius 3 is 2.88 bits per heavy atom. The van der Waals surface area contributed by atoms with E-state index in [1.165, 1.54) is 18.4 Å². The van der Waals surface area contributed by atoms with Crippen LogP contribution in [0.25, 0.3) is 11.6 Å². The minimum Gasteiger partial charge on any atom is -0.340 e. The molecule has 2 aliphatic rings. The first-order valence-corrected chi connectivity index (χ1v) is 8.92. The van der Waals surface area contributed by atoms with Gasteiger partial charge in [-0.2, -0.15) is 4.98 Å². The molecule has 6 heteroatoms. The van der Waals surface area contributed by atoms with Crippen LogP contribution in [0.5, 0.6) is 0 Å². The lowest BCUT2D eigenvalue weighted by Crippen LogP contribution is -2.27. The van der Waals surface area contributed by atoms with E-state index >= 15 is 0 Å². The lowest BCUT2D eigenvalue weighted by atomic mass is 9.94. The lowest BCUT2D eigenvalue weighted by Gasteiger charge is -2.24. The Kier molecular flexibility index (Phi) is 3.45. The van der Waals surface area contributed by atoms with E-state index < -0.39 is 0 Å². The quantitative estimate of drug-likeness (QED) is 0.736. The number of imidazole rings is 1. The summed E-state index contributed by atoms with van der Waals surface area (Å²) in [7, 11) is 1.94. The van der Waals surface area contributed by atoms with Gasteiger partial charge in [-0.05, 0) is 31.4 Å². The summed E-state index contributed by atoms with van der Waals surface area (Å²) < 4.78 is 7.40. The highest BCUT2D eigenvalue weighted by Gasteiger charge is 2.46. The molecule has 0 radical (unpaired) electrons. The van der Waals surface area contributed by atoms with Gasteiger partial charge in [0, 0.05) is 31.2 Å². The van der Waals surface area contributed by atoms with Gasteiger partial charge in [0.25, 0.3) is 5.89 Å². The number of nitrogens with zero attached hydrogens (tertiary/aromatic N) is 5. The standard InChI is InChI=1S/C19H21N5O/c1-23-11-15(20-12-23)19-21-18(22-25-19)14-10-17(13-6-3-2-4-7-13)24-9-5-8-16(14)24/h2-4,6-7,11-12,14,16-17H,5,8-10H2,1H3/t14-,16+,17-/m0/s1. The first kappa shape index (κ1) is 14.8. The van der Waals surface area contributed by atoms with E-state index in [2.05, 4.69) is 50.4 Å². The zero-order chi connectivity index (χ0) is 16.8. The minimum atomic E-state index is 0.328. The molecular weight excluding hydrogens is 314 g/mol. The maximum absolute atomic E-state index is 5.51. The van der Waals surface area contributed by atoms with Gasteiger partial charge in [-0.1, -0.05) is 35.5 Å². The number of benzene rings is 1. The third kappa shape index (κ3) is 2.48. The average Bonchev–Trinajstić information content (AvgIpc) is 3.39. The Morgan fingerprint density at radius 1 is 1.20 bits per heavy atom. The molecule has 0 amide bonds. The molecule has 2 aliphatic heterocycles. The van der Waals surface area contributed by atoms with Crippen LogP contribution in [0.3, 0.4) is 0 Å². The maximum atomic E-state index is 5.51. The zero-order valence-electron chi connectivity index (χ0n) is 14.2. The van der Waals surface area contributed by atoms with Gasteiger partial charge in [0.15, 0.2) is 5.82 Å². The molecule has 2 fully saturated rings. The maximum Gasteiger partial charge on any atom is 0.278 e. The van der Waals surface area contributed by atoms with Crippen molar-refractivity contribution in [1.82, 2.24) is 24.6 Å². The summed E-state index contributed by atoms with van der Waals surface area (Å²) >= 11 is 0. The van der Waals surface area contributed by atoms with Gasteiger partial charge in [0.1, 0.15) is 5.69 Å². The summed E-state index contributed by atoms with van der Waals surface area (Å²) in [5.74, 6) is 1.67. The molecule has 6 nitrogen and oxygen atoms in total. The molecule has 4 heterocycles. The molecule has 128 valence electrons. The third-order valence-corrected chi connectivity index (χ3v) is 5.57. The van der Waals surface area contributed by atoms with Crippen LogP contribution in [0.15, 0.2) is 47.4 Å². The predicted octanol–water partition coefficient (Wildman–Crippen LogP) is 3.16. The number of hydrogen-bond acceptors (Lipinski definition) is 5. The van der Waals surface area contributed by atoms with Crippen molar-refractivity contribution < 1.29 is 4.52 Å². The van der Waals surface area contributed by atoms with E-state index in [0.29, 0.717) is 23.9 Å². The van der Waals surface area contributed by atoms with Crippen molar-refractivity contribution in [3.63, 3.8) is 0 Å². The highest BCUT2D eigenvalue weighted by molar-refractivity contribution is 5.44. The van der Waals surface area contributed by atoms with Crippen LogP contribution in [0.1, 0.15) is 42.6 Å². The summed E-state index contributed by atoms with van der Waals surface area (Å²) in [5, 5.41) is 4.31. The van der Waals surface area contributed by atoms with Crippen LogP contribution in [0.4, 0.5) is 0 Å². The van der Waals surface area contributed by atoms with Gasteiger partial charge in [0.05, 0.1) is 6.33 Å². The molecule has 25 heavy (non-hydrogen) atoms. The van der Waals surface area contributed by atoms with E-state index in [9.17, 15) is 0 Å². The van der Waals surface area contributed by atoms with Gasteiger partial charge in [-0.3, -0.25) is 4.90 Å². The summed E-state index contributed by atoms with van der Waals surface area (Å²) in [6.45, 7) is 1.16. The van der Waals surface area contributed by atoms with Crippen LogP contribution in [0.2, 0.25) is 0 Å². The van der Waals surface area contributed by atoms with Gasteiger partial charge in [-0.25, -0.2) is 4.98 Å². The summed E-state index contributed by atoms with van der Waals surface area (Å²) in [6.07, 6.45) is 7.16. The SMILES string of the molecule is Cn1cnc(-c2nc([C@H]3C[C@@H](c4ccccc4)N4CCC[C@H]34)no2)c1. The van der Waals surface area contributed by atoms with Crippen molar-refractivity contribution in [2.24, 2.45) is 7.05 Å². The lowest BCUT2D eigenvalue weighted by molar-refractivity contribution is 0.243. The second-order valence-corrected chi connectivity index (χ2v) is 7.10. The molecular formula is C19H21N5O. The van der Waals surface area contributed by atoms with E-state index in [-0.39, 0.29) is 0 Å². The molecule has 5 rings (SSSR count). The van der Waals surface area contributed by atoms with Crippen LogP contribution in [-0.2, 0) is 7.05 Å². The Balaban J connectivity index is 1.45. The van der Waals surface area contributed by atoms with Gasteiger partial charge in [-0.15, -0.1) is 0 Å². The van der Waals surface area contributed by atoms with Gasteiger partial charge in [0.2, 0.25) is 0 Å². The molecule has 2 aromatic heterocycles. The first-order chi connectivity index (χ1) is 12.3. The number of rotatable bonds is 3. The molecule has 0 aliphatic carbocycles. The number of fused-ring (bicyclic) bond motifs is 1. The normalized spacial score (nSPS) is 26.2. The monoisotopic (exact) mass is 335 g/mol. The summed E-state index contributed by atoms with van der Waals surface area (Å²) in [6, 6.07) is 11.8. The van der Waals surface area contributed by atoms with Gasteiger partial charge >= 0.3 is 0 Å². The second-order valence-electron chi connectivity index (χ2n) is 7.10. The molecule has 0 saturated carbocycles. The van der Waals surface area contributed by atoms with E-state index in [0.717, 1.165) is 24.5 Å². The highest BCUT2D eigenvalue weighted by Crippen LogP contribution is 2.48. The molecule has 3 aromatic rings. The van der Waals surface area contributed by atoms with Crippen LogP contribution in [-0.4, -0.2) is 37.2 Å². The van der Waals surface area contributed by atoms with Crippen molar-refractivity contribution in [1.29, 1.82) is 0 Å². The van der Waals surface area contributed by atoms with E-state index in [1.807, 2.05) is 17.8 Å². The van der Waals surface area contributed by atoms with Crippen LogP contribution >= 0.6 is 0 Å². The topological polar surface area (TPSA) is 60.0 Å². The average molecular weight is 335 g/mol. The Bertz CT molecular complexity index is 871. The molecule has 1 aromatic carbocycles. The van der Waals surface area contributed by atoms with E-state index in [4.69, 9.17) is 4.52 Å². The fourth-order valence-corrected chi connectivity index (χ4v) is 4.46. The van der Waals surface area contributed by atoms with Crippen molar-refractivity contribution in [3.8, 4) is 11.6 Å². The minimum absolute atomic E-state index is 0.328. The molecule has 0 unspecified atom stereocenters. The largest absolute Gasteiger partial charge is 0.340 e. The van der Waals surface area contributed by atoms with Crippen molar-refractivity contribution in [2.45, 2.75) is 37.3 Å². The van der Waals surface area contributed by atoms with E-state index in [1.54, 1.807) is 6.33 Å². The van der Waals surface area contributed by atoms with Crippen LogP contribution < -0.4 is 0 Å². The first-order valence-electron chi connectivity index (χ1n) is 8.92. The Hall–Kier alpha value is -2.47. The molecule has 3 atom stereocenters. The Morgan fingerprint density at radius 2 is 2.08 bits per heavy atom. The molecule has 0 spiro atoms. The second kappa shape index (κ2) is 5.81. The Labute approximate surface area is 146 Å². The zero-order valence-corrected chi connectivity index (χ0v) is 14.2. The van der Waals surface area contributed by atoms with Gasteiger partial charge < -0.3 is 9.09 Å². The fourth-order valence-electron chi connectivity index (χ4n) is 4.46. The fraction of sp³-hybridized carbons (Fsp3) is 0.421. The van der Waals surface area contributed by atoms with Crippen molar-refractivity contribution in [3.05, 3.63) is 54.2 Å². The summed E-state index contributed by atoms with van der Waals surface area (Å²) in [5.41, 5.74) is 2.13. The van der Waals surface area contributed by atoms with Crippen molar-refractivity contribution >= 4 is 0 Å². The number of aromatic nitrogens is 4. The number of aryl methyl sites for hydroxylation is 1. The molecule has 0 N–H and O–H groups in total. The number of hydrogen-bond donors (Lipinski definition) is 0. The summed E-state index contributed by atoms with van der Waals surface area (Å²) in [4.78, 5) is 11.6. The van der Waals surface area contributed by atoms with Crippen LogP contribution in [0, 0.1) is 0 Å². The molecule has 2 saturated heterocycles. The smallest absolute Gasteiger partial charge is 0.278 e. The molecule has 0 bridgehead atoms. The van der Waals surface area contributed by atoms with Crippen molar-refractivity contribution in [2.75, 3.05) is 6.54 Å².